The number of unbranched alkanes of at least 4 members (excludes halogenated alkanes) is 1. The molecule has 0 aliphatic heterocycles. The first kappa shape index (κ1) is 23.0. The summed E-state index contributed by atoms with van der Waals surface area (Å²) in [5, 5.41) is 0. The molecule has 156 valence electrons. The van der Waals surface area contributed by atoms with E-state index in [1.807, 2.05) is 6.92 Å². The second-order valence-electron chi connectivity index (χ2n) is 7.42. The molecule has 2 rings (SSSR count). The van der Waals surface area contributed by atoms with Crippen molar-refractivity contribution in [2.75, 3.05) is 12.8 Å². The summed E-state index contributed by atoms with van der Waals surface area (Å²) in [5.41, 5.74) is 5.59. The minimum atomic E-state index is -4.00. The molecule has 0 saturated carbocycles. The van der Waals surface area contributed by atoms with Crippen LogP contribution in [0.4, 0.5) is 4.39 Å². The first-order chi connectivity index (χ1) is 13.1. The highest BCUT2D eigenvalue weighted by molar-refractivity contribution is 7.51. The lowest BCUT2D eigenvalue weighted by Gasteiger charge is -2.24. The molecule has 1 unspecified atom stereocenters. The van der Waals surface area contributed by atoms with E-state index in [-0.39, 0.29) is 12.0 Å². The molecule has 1 aromatic heterocycles. The molecule has 1 atom stereocenters. The van der Waals surface area contributed by atoms with Crippen molar-refractivity contribution in [3.05, 3.63) is 52.0 Å². The summed E-state index contributed by atoms with van der Waals surface area (Å²) in [7, 11) is -4.00. The maximum Gasteiger partial charge on any atom is 0.325 e. The maximum absolute atomic E-state index is 12.8. The number of nitrogens with two attached hydrogens (primary N) is 1. The van der Waals surface area contributed by atoms with E-state index in [0.29, 0.717) is 25.2 Å². The average Bonchev–Trinajstić information content (AvgIpc) is 3.07. The van der Waals surface area contributed by atoms with E-state index in [0.717, 1.165) is 25.7 Å². The maximum atomic E-state index is 12.8. The summed E-state index contributed by atoms with van der Waals surface area (Å²) in [5.74, 6) is 0.418. The van der Waals surface area contributed by atoms with Crippen molar-refractivity contribution in [3.63, 3.8) is 0 Å². The van der Waals surface area contributed by atoms with Crippen molar-refractivity contribution in [2.45, 2.75) is 51.0 Å². The summed E-state index contributed by atoms with van der Waals surface area (Å²) in [6.07, 6.45) is 4.56. The number of benzene rings is 1. The van der Waals surface area contributed by atoms with Gasteiger partial charge in [-0.15, -0.1) is 11.3 Å². The summed E-state index contributed by atoms with van der Waals surface area (Å²) in [4.78, 5) is 20.6. The number of halogens is 1. The molecule has 0 bridgehead atoms. The Labute approximate surface area is 169 Å². The van der Waals surface area contributed by atoms with Crippen LogP contribution in [0.5, 0.6) is 5.75 Å². The average molecular weight is 429 g/mol. The van der Waals surface area contributed by atoms with Gasteiger partial charge in [0.05, 0.1) is 12.8 Å². The zero-order chi connectivity index (χ0) is 20.6. The Hall–Kier alpha value is -1.24. The number of thiophene rings is 1. The molecule has 0 spiro atoms. The van der Waals surface area contributed by atoms with Crippen molar-refractivity contribution in [3.8, 4) is 5.75 Å². The Bertz CT molecular complexity index is 773. The van der Waals surface area contributed by atoms with Crippen LogP contribution >= 0.6 is 18.9 Å². The Balaban J connectivity index is 1.65. The van der Waals surface area contributed by atoms with Gasteiger partial charge in [0.1, 0.15) is 11.6 Å². The smallest absolute Gasteiger partial charge is 0.325 e. The van der Waals surface area contributed by atoms with Gasteiger partial charge in [0.25, 0.3) is 0 Å². The second-order valence-corrected chi connectivity index (χ2v) is 10.4. The molecule has 0 amide bonds. The summed E-state index contributed by atoms with van der Waals surface area (Å²) >= 11 is 1.76. The Kier molecular flexibility index (Phi) is 8.65. The molecule has 5 nitrogen and oxygen atoms in total. The van der Waals surface area contributed by atoms with Crippen LogP contribution in [0.1, 0.15) is 42.4 Å². The molecule has 28 heavy (non-hydrogen) atoms. The molecule has 8 heteroatoms. The number of hydrogen-bond acceptors (Lipinski definition) is 4. The lowest BCUT2D eigenvalue weighted by Crippen LogP contribution is -2.37. The van der Waals surface area contributed by atoms with Crippen molar-refractivity contribution in [1.82, 2.24) is 0 Å². The molecule has 0 aliphatic carbocycles. The van der Waals surface area contributed by atoms with E-state index in [1.54, 1.807) is 23.5 Å². The zero-order valence-corrected chi connectivity index (χ0v) is 17.9. The van der Waals surface area contributed by atoms with E-state index in [1.165, 1.54) is 21.9 Å². The largest absolute Gasteiger partial charge is 0.494 e. The van der Waals surface area contributed by atoms with Crippen molar-refractivity contribution in [1.29, 1.82) is 0 Å². The third kappa shape index (κ3) is 9.30. The minimum Gasteiger partial charge on any atom is -0.494 e. The van der Waals surface area contributed by atoms with Crippen LogP contribution in [0.25, 0.3) is 0 Å². The number of hydrogen-bond donors (Lipinski definition) is 3. The van der Waals surface area contributed by atoms with Gasteiger partial charge in [-0.3, -0.25) is 4.57 Å². The van der Waals surface area contributed by atoms with Crippen LogP contribution < -0.4 is 10.5 Å². The standard InChI is InChI=1S/C20H29FNO4PS/c1-20(22,13-15-27(23,24)25)12-11-19-10-9-18(28-19)4-2-3-14-26-17-7-5-16(21)6-8-17/h5-10H,2-4,11-15,22H2,1H3,(H2,23,24,25). The quantitative estimate of drug-likeness (QED) is 0.341. The predicted molar refractivity (Wildman–Crippen MR) is 112 cm³/mol. The SMILES string of the molecule is CC(N)(CCc1ccc(CCCCOc2ccc(F)cc2)s1)CCP(=O)(O)O. The molecule has 0 aliphatic rings. The van der Waals surface area contributed by atoms with Gasteiger partial charge in [-0.2, -0.15) is 0 Å². The molecule has 0 saturated heterocycles. The highest BCUT2D eigenvalue weighted by Gasteiger charge is 2.23. The Morgan fingerprint density at radius 2 is 1.71 bits per heavy atom. The van der Waals surface area contributed by atoms with Crippen LogP contribution in [0.3, 0.4) is 0 Å². The van der Waals surface area contributed by atoms with Gasteiger partial charge in [0, 0.05) is 15.3 Å². The van der Waals surface area contributed by atoms with Gasteiger partial charge in [0.2, 0.25) is 0 Å². The van der Waals surface area contributed by atoms with E-state index >= 15 is 0 Å². The van der Waals surface area contributed by atoms with E-state index in [9.17, 15) is 8.96 Å². The van der Waals surface area contributed by atoms with Gasteiger partial charge in [-0.25, -0.2) is 4.39 Å². The van der Waals surface area contributed by atoms with E-state index in [2.05, 4.69) is 12.1 Å². The third-order valence-corrected chi connectivity index (χ3v) is 6.54. The topological polar surface area (TPSA) is 92.8 Å². The lowest BCUT2D eigenvalue weighted by molar-refractivity contribution is 0.306. The molecule has 4 N–H and O–H groups in total. The van der Waals surface area contributed by atoms with Gasteiger partial charge in [-0.1, -0.05) is 0 Å². The van der Waals surface area contributed by atoms with Crippen LogP contribution in [-0.2, 0) is 17.4 Å². The second kappa shape index (κ2) is 10.5. The van der Waals surface area contributed by atoms with E-state index < -0.39 is 13.1 Å². The van der Waals surface area contributed by atoms with Crippen LogP contribution in [0.2, 0.25) is 0 Å². The van der Waals surface area contributed by atoms with Crippen LogP contribution in [0, 0.1) is 5.82 Å². The molecule has 1 heterocycles. The first-order valence-electron chi connectivity index (χ1n) is 9.42. The molecule has 0 fully saturated rings. The third-order valence-electron chi connectivity index (χ3n) is 4.53. The van der Waals surface area contributed by atoms with Crippen molar-refractivity contribution >= 4 is 18.9 Å². The first-order valence-corrected chi connectivity index (χ1v) is 12.0. The fourth-order valence-electron chi connectivity index (χ4n) is 2.75. The number of ether oxygens (including phenoxy) is 1. The van der Waals surface area contributed by atoms with Gasteiger partial charge >= 0.3 is 7.60 Å². The van der Waals surface area contributed by atoms with Crippen LogP contribution in [-0.4, -0.2) is 28.1 Å². The number of rotatable bonds is 12. The predicted octanol–water partition coefficient (Wildman–Crippen LogP) is 4.51. The fraction of sp³-hybridized carbons (Fsp3) is 0.500. The van der Waals surface area contributed by atoms with Gasteiger partial charge in [-0.05, 0) is 81.8 Å². The highest BCUT2D eigenvalue weighted by atomic mass is 32.1. The van der Waals surface area contributed by atoms with E-state index in [4.69, 9.17) is 20.3 Å². The molecule has 2 aromatic rings. The summed E-state index contributed by atoms with van der Waals surface area (Å²) in [6, 6.07) is 10.3. The molecular formula is C20H29FNO4PS. The fourth-order valence-corrected chi connectivity index (χ4v) is 4.61. The van der Waals surface area contributed by atoms with Gasteiger partial charge in [0.15, 0.2) is 0 Å². The summed E-state index contributed by atoms with van der Waals surface area (Å²) in [6.45, 7) is 2.45. The highest BCUT2D eigenvalue weighted by Crippen LogP contribution is 2.37. The Morgan fingerprint density at radius 1 is 1.07 bits per heavy atom. The molecule has 1 aromatic carbocycles. The molecule has 0 radical (unpaired) electrons. The van der Waals surface area contributed by atoms with Crippen LogP contribution in [0.15, 0.2) is 36.4 Å². The van der Waals surface area contributed by atoms with Crippen molar-refractivity contribution < 1.29 is 23.5 Å². The molecular weight excluding hydrogens is 400 g/mol. The zero-order valence-electron chi connectivity index (χ0n) is 16.1. The monoisotopic (exact) mass is 429 g/mol. The Morgan fingerprint density at radius 3 is 2.36 bits per heavy atom. The van der Waals surface area contributed by atoms with Crippen molar-refractivity contribution in [2.24, 2.45) is 5.73 Å². The minimum absolute atomic E-state index is 0.171. The normalized spacial score (nSPS) is 14.0. The number of aryl methyl sites for hydroxylation is 2. The van der Waals surface area contributed by atoms with Gasteiger partial charge < -0.3 is 20.3 Å². The lowest BCUT2D eigenvalue weighted by atomic mass is 9.94. The summed E-state index contributed by atoms with van der Waals surface area (Å²) < 4.78 is 29.4.